The Kier molecular flexibility index (Phi) is 5.36. The van der Waals surface area contributed by atoms with Crippen LogP contribution in [0.25, 0.3) is 0 Å². The summed E-state index contributed by atoms with van der Waals surface area (Å²) in [6, 6.07) is 1.97. The highest BCUT2D eigenvalue weighted by Gasteiger charge is 2.17. The summed E-state index contributed by atoms with van der Waals surface area (Å²) in [6.07, 6.45) is 4.02. The topological polar surface area (TPSA) is 52.6 Å². The van der Waals surface area contributed by atoms with E-state index in [1.165, 1.54) is 12.8 Å². The molecule has 0 aliphatic carbocycles. The number of nitrogens with zero attached hydrogens (tertiary/aromatic N) is 5. The van der Waals surface area contributed by atoms with Crippen molar-refractivity contribution >= 4 is 17.5 Å². The van der Waals surface area contributed by atoms with Gasteiger partial charge in [0.25, 0.3) is 0 Å². The maximum absolute atomic E-state index is 12.2. The molecule has 0 saturated carbocycles. The molecule has 6 heteroatoms. The van der Waals surface area contributed by atoms with Gasteiger partial charge in [-0.25, -0.2) is 9.97 Å². The third kappa shape index (κ3) is 3.83. The van der Waals surface area contributed by atoms with E-state index in [2.05, 4.69) is 14.9 Å². The Morgan fingerprint density at radius 2 is 1.90 bits per heavy atom. The Morgan fingerprint density at radius 1 is 1.24 bits per heavy atom. The Balaban J connectivity index is 2.03. The second-order valence-corrected chi connectivity index (χ2v) is 5.35. The number of amides is 1. The fraction of sp³-hybridized carbons (Fsp3) is 0.667. The van der Waals surface area contributed by atoms with Gasteiger partial charge in [0.15, 0.2) is 0 Å². The van der Waals surface area contributed by atoms with Crippen molar-refractivity contribution < 1.29 is 4.79 Å². The molecule has 1 aromatic heterocycles. The monoisotopic (exact) mass is 291 g/mol. The molecule has 6 nitrogen and oxygen atoms in total. The fourth-order valence-corrected chi connectivity index (χ4v) is 2.63. The van der Waals surface area contributed by atoms with Gasteiger partial charge >= 0.3 is 0 Å². The average Bonchev–Trinajstić information content (AvgIpc) is 3.03. The van der Waals surface area contributed by atoms with Crippen molar-refractivity contribution in [3.63, 3.8) is 0 Å². The molecule has 1 aliphatic rings. The molecule has 0 atom stereocenters. The van der Waals surface area contributed by atoms with Crippen molar-refractivity contribution in [1.29, 1.82) is 0 Å². The van der Waals surface area contributed by atoms with Crippen molar-refractivity contribution in [2.75, 3.05) is 49.6 Å². The van der Waals surface area contributed by atoms with Crippen LogP contribution in [0.4, 0.5) is 11.6 Å². The highest BCUT2D eigenvalue weighted by atomic mass is 16.2. The fourth-order valence-electron chi connectivity index (χ4n) is 2.63. The molecule has 1 aromatic rings. The Bertz CT molecular complexity index is 469. The Labute approximate surface area is 126 Å². The van der Waals surface area contributed by atoms with Gasteiger partial charge in [0.05, 0.1) is 6.54 Å². The van der Waals surface area contributed by atoms with Crippen molar-refractivity contribution in [2.45, 2.75) is 26.7 Å². The summed E-state index contributed by atoms with van der Waals surface area (Å²) in [7, 11) is 1.90. The van der Waals surface area contributed by atoms with Gasteiger partial charge in [-0.15, -0.1) is 0 Å². The van der Waals surface area contributed by atoms with E-state index in [0.717, 1.165) is 37.8 Å². The van der Waals surface area contributed by atoms with Crippen LogP contribution in [0, 0.1) is 0 Å². The standard InChI is InChI=1S/C15H25N5O/c1-4-19(5-2)15(21)11-18(3)13-10-14(17-12-16-13)20-8-6-7-9-20/h10,12H,4-9,11H2,1-3H3. The van der Waals surface area contributed by atoms with Gasteiger partial charge in [-0.1, -0.05) is 0 Å². The van der Waals surface area contributed by atoms with Crippen LogP contribution in [0.2, 0.25) is 0 Å². The number of likely N-dealkylation sites (N-methyl/N-ethyl adjacent to an activating group) is 2. The van der Waals surface area contributed by atoms with Gasteiger partial charge in [-0.05, 0) is 26.7 Å². The third-order valence-electron chi connectivity index (χ3n) is 3.95. The molecule has 0 aromatic carbocycles. The third-order valence-corrected chi connectivity index (χ3v) is 3.95. The quantitative estimate of drug-likeness (QED) is 0.792. The zero-order valence-corrected chi connectivity index (χ0v) is 13.2. The van der Waals surface area contributed by atoms with Gasteiger partial charge in [-0.2, -0.15) is 0 Å². The van der Waals surface area contributed by atoms with E-state index in [4.69, 9.17) is 0 Å². The number of hydrogen-bond donors (Lipinski definition) is 0. The van der Waals surface area contributed by atoms with Crippen LogP contribution < -0.4 is 9.80 Å². The van der Waals surface area contributed by atoms with Crippen LogP contribution in [0.1, 0.15) is 26.7 Å². The van der Waals surface area contributed by atoms with Crippen LogP contribution in [0.3, 0.4) is 0 Å². The molecule has 21 heavy (non-hydrogen) atoms. The Morgan fingerprint density at radius 3 is 2.52 bits per heavy atom. The molecule has 0 spiro atoms. The van der Waals surface area contributed by atoms with Gasteiger partial charge < -0.3 is 14.7 Å². The van der Waals surface area contributed by atoms with Gasteiger partial charge in [0, 0.05) is 39.3 Å². The number of aromatic nitrogens is 2. The minimum absolute atomic E-state index is 0.129. The van der Waals surface area contributed by atoms with Crippen LogP contribution in [0.15, 0.2) is 12.4 Å². The van der Waals surface area contributed by atoms with E-state index in [0.29, 0.717) is 6.54 Å². The minimum Gasteiger partial charge on any atom is -0.356 e. The first kappa shape index (κ1) is 15.5. The first-order valence-electron chi connectivity index (χ1n) is 7.71. The summed E-state index contributed by atoms with van der Waals surface area (Å²) in [6.45, 7) is 7.93. The number of carbonyl (C=O) groups excluding carboxylic acids is 1. The van der Waals surface area contributed by atoms with Crippen LogP contribution in [-0.4, -0.2) is 60.5 Å². The van der Waals surface area contributed by atoms with E-state index in [1.807, 2.05) is 36.8 Å². The summed E-state index contributed by atoms with van der Waals surface area (Å²) in [4.78, 5) is 26.8. The average molecular weight is 291 g/mol. The molecule has 0 unspecified atom stereocenters. The van der Waals surface area contributed by atoms with Crippen molar-refractivity contribution in [1.82, 2.24) is 14.9 Å². The summed E-state index contributed by atoms with van der Waals surface area (Å²) in [5.41, 5.74) is 0. The molecule has 1 amide bonds. The molecule has 1 aliphatic heterocycles. The summed E-state index contributed by atoms with van der Waals surface area (Å²) < 4.78 is 0. The smallest absolute Gasteiger partial charge is 0.242 e. The predicted molar refractivity (Wildman–Crippen MR) is 84.7 cm³/mol. The lowest BCUT2D eigenvalue weighted by atomic mass is 10.4. The molecule has 2 heterocycles. The highest BCUT2D eigenvalue weighted by molar-refractivity contribution is 5.81. The van der Waals surface area contributed by atoms with Gasteiger partial charge in [0.2, 0.25) is 5.91 Å². The normalized spacial score (nSPS) is 14.3. The number of anilines is 2. The lowest BCUT2D eigenvalue weighted by molar-refractivity contribution is -0.129. The van der Waals surface area contributed by atoms with E-state index >= 15 is 0 Å². The number of hydrogen-bond acceptors (Lipinski definition) is 5. The lowest BCUT2D eigenvalue weighted by Gasteiger charge is -2.24. The second-order valence-electron chi connectivity index (χ2n) is 5.35. The number of carbonyl (C=O) groups is 1. The largest absolute Gasteiger partial charge is 0.356 e. The first-order chi connectivity index (χ1) is 10.2. The minimum atomic E-state index is 0.129. The number of rotatable bonds is 6. The van der Waals surface area contributed by atoms with E-state index in [-0.39, 0.29) is 5.91 Å². The molecule has 0 bridgehead atoms. The predicted octanol–water partition coefficient (Wildman–Crippen LogP) is 1.38. The van der Waals surface area contributed by atoms with Gasteiger partial charge in [0.1, 0.15) is 18.0 Å². The molecule has 116 valence electrons. The zero-order valence-electron chi connectivity index (χ0n) is 13.2. The molecule has 0 radical (unpaired) electrons. The maximum atomic E-state index is 12.2. The molecule has 1 fully saturated rings. The van der Waals surface area contributed by atoms with E-state index < -0.39 is 0 Å². The molecular weight excluding hydrogens is 266 g/mol. The van der Waals surface area contributed by atoms with Crippen LogP contribution >= 0.6 is 0 Å². The van der Waals surface area contributed by atoms with E-state index in [9.17, 15) is 4.79 Å². The SMILES string of the molecule is CCN(CC)C(=O)CN(C)c1cc(N2CCCC2)ncn1. The lowest BCUT2D eigenvalue weighted by Crippen LogP contribution is -2.39. The Hall–Kier alpha value is -1.85. The summed E-state index contributed by atoms with van der Waals surface area (Å²) in [5.74, 6) is 1.89. The summed E-state index contributed by atoms with van der Waals surface area (Å²) in [5, 5.41) is 0. The van der Waals surface area contributed by atoms with Crippen LogP contribution in [-0.2, 0) is 4.79 Å². The molecule has 1 saturated heterocycles. The van der Waals surface area contributed by atoms with Crippen LogP contribution in [0.5, 0.6) is 0 Å². The first-order valence-corrected chi connectivity index (χ1v) is 7.71. The van der Waals surface area contributed by atoms with Crippen molar-refractivity contribution in [3.05, 3.63) is 12.4 Å². The maximum Gasteiger partial charge on any atom is 0.242 e. The molecule has 0 N–H and O–H groups in total. The highest BCUT2D eigenvalue weighted by Crippen LogP contribution is 2.20. The molecular formula is C15H25N5O. The summed E-state index contributed by atoms with van der Waals surface area (Å²) >= 11 is 0. The molecule has 2 rings (SSSR count). The van der Waals surface area contributed by atoms with Gasteiger partial charge in [-0.3, -0.25) is 4.79 Å². The second kappa shape index (κ2) is 7.24. The van der Waals surface area contributed by atoms with Crippen molar-refractivity contribution in [2.24, 2.45) is 0 Å². The van der Waals surface area contributed by atoms with Crippen molar-refractivity contribution in [3.8, 4) is 0 Å². The van der Waals surface area contributed by atoms with E-state index in [1.54, 1.807) is 6.33 Å². The zero-order chi connectivity index (χ0) is 15.2.